The average molecular weight is 542 g/mol. The Bertz CT molecular complexity index is 1180. The number of halogens is 2. The van der Waals surface area contributed by atoms with Crippen LogP contribution in [0.2, 0.25) is 10.0 Å². The van der Waals surface area contributed by atoms with Crippen molar-refractivity contribution in [2.24, 2.45) is 0 Å². The molecular formula is C24H29Cl2N3O5S. The first-order chi connectivity index (χ1) is 16.4. The van der Waals surface area contributed by atoms with Gasteiger partial charge >= 0.3 is 0 Å². The lowest BCUT2D eigenvalue weighted by atomic mass is 10.1. The quantitative estimate of drug-likeness (QED) is 0.434. The molecule has 35 heavy (non-hydrogen) atoms. The van der Waals surface area contributed by atoms with Crippen LogP contribution in [-0.4, -0.2) is 56.3 Å². The first kappa shape index (κ1) is 28.6. The summed E-state index contributed by atoms with van der Waals surface area (Å²) in [6.07, 6.45) is 1.25. The zero-order chi connectivity index (χ0) is 26.3. The molecule has 2 aromatic carbocycles. The Balaban J connectivity index is 2.53. The smallest absolute Gasteiger partial charge is 0.244 e. The molecule has 2 amide bonds. The predicted molar refractivity (Wildman–Crippen MR) is 138 cm³/mol. The molecule has 0 radical (unpaired) electrons. The number of nitrogens with one attached hydrogen (secondary N) is 1. The average Bonchev–Trinajstić information content (AvgIpc) is 2.78. The number of hydrogen-bond acceptors (Lipinski definition) is 5. The van der Waals surface area contributed by atoms with Crippen molar-refractivity contribution in [2.75, 3.05) is 23.7 Å². The minimum absolute atomic E-state index is 0.0991. The van der Waals surface area contributed by atoms with Crippen LogP contribution in [0.15, 0.2) is 42.5 Å². The molecule has 1 N–H and O–H groups in total. The number of Topliss-reactive ketones (excluding diaryl/α,β-unsaturated/α-hetero) is 1. The minimum Gasteiger partial charge on any atom is -0.355 e. The van der Waals surface area contributed by atoms with E-state index in [9.17, 15) is 22.8 Å². The summed E-state index contributed by atoms with van der Waals surface area (Å²) in [4.78, 5) is 39.5. The molecule has 0 fully saturated rings. The van der Waals surface area contributed by atoms with E-state index >= 15 is 0 Å². The molecule has 190 valence electrons. The van der Waals surface area contributed by atoms with E-state index in [0.29, 0.717) is 27.7 Å². The lowest BCUT2D eigenvalue weighted by Gasteiger charge is -2.33. The summed E-state index contributed by atoms with van der Waals surface area (Å²) in [6, 6.07) is 10.0. The van der Waals surface area contributed by atoms with Crippen molar-refractivity contribution in [3.63, 3.8) is 0 Å². The van der Waals surface area contributed by atoms with Crippen LogP contribution in [0.3, 0.4) is 0 Å². The lowest BCUT2D eigenvalue weighted by Crippen LogP contribution is -2.52. The third-order valence-corrected chi connectivity index (χ3v) is 7.20. The van der Waals surface area contributed by atoms with Crippen LogP contribution in [0.25, 0.3) is 0 Å². The summed E-state index contributed by atoms with van der Waals surface area (Å²) in [5.41, 5.74) is 0.906. The number of amides is 2. The van der Waals surface area contributed by atoms with Crippen LogP contribution < -0.4 is 9.62 Å². The second-order valence-electron chi connectivity index (χ2n) is 7.92. The van der Waals surface area contributed by atoms with Crippen molar-refractivity contribution in [2.45, 2.75) is 39.8 Å². The van der Waals surface area contributed by atoms with Gasteiger partial charge < -0.3 is 10.2 Å². The fourth-order valence-electron chi connectivity index (χ4n) is 3.56. The molecular weight excluding hydrogens is 513 g/mol. The number of sulfonamides is 1. The SMILES string of the molecule is CCNC(=O)C(CC)N(Cc1c(Cl)cccc1Cl)C(=O)CN(c1cccc(C(C)=O)c1)S(C)(=O)=O. The molecule has 0 saturated heterocycles. The Morgan fingerprint density at radius 3 is 2.14 bits per heavy atom. The van der Waals surface area contributed by atoms with Crippen LogP contribution in [-0.2, 0) is 26.2 Å². The summed E-state index contributed by atoms with van der Waals surface area (Å²) in [5.74, 6) is -1.25. The van der Waals surface area contributed by atoms with Crippen LogP contribution in [0, 0.1) is 0 Å². The molecule has 0 bridgehead atoms. The van der Waals surface area contributed by atoms with Gasteiger partial charge in [-0.2, -0.15) is 0 Å². The Labute approximate surface area is 216 Å². The molecule has 0 aliphatic carbocycles. The molecule has 0 spiro atoms. The highest BCUT2D eigenvalue weighted by Crippen LogP contribution is 2.28. The highest BCUT2D eigenvalue weighted by atomic mass is 35.5. The molecule has 0 aliphatic rings. The molecule has 0 aliphatic heterocycles. The number of carbonyl (C=O) groups excluding carboxylic acids is 3. The van der Waals surface area contributed by atoms with E-state index in [4.69, 9.17) is 23.2 Å². The number of rotatable bonds is 11. The summed E-state index contributed by atoms with van der Waals surface area (Å²) < 4.78 is 26.2. The number of nitrogens with zero attached hydrogens (tertiary/aromatic N) is 2. The van der Waals surface area contributed by atoms with Gasteiger partial charge in [0.05, 0.1) is 11.9 Å². The number of hydrogen-bond donors (Lipinski definition) is 1. The van der Waals surface area contributed by atoms with Gasteiger partial charge in [-0.25, -0.2) is 8.42 Å². The van der Waals surface area contributed by atoms with E-state index in [1.165, 1.54) is 24.0 Å². The van der Waals surface area contributed by atoms with Crippen molar-refractivity contribution in [1.29, 1.82) is 0 Å². The second kappa shape index (κ2) is 12.4. The Hall–Kier alpha value is -2.62. The Morgan fingerprint density at radius 1 is 1.03 bits per heavy atom. The highest BCUT2D eigenvalue weighted by molar-refractivity contribution is 7.92. The molecule has 0 aromatic heterocycles. The van der Waals surface area contributed by atoms with Crippen LogP contribution in [0.4, 0.5) is 5.69 Å². The molecule has 0 saturated carbocycles. The summed E-state index contributed by atoms with van der Waals surface area (Å²) in [5, 5.41) is 3.34. The molecule has 8 nitrogen and oxygen atoms in total. The van der Waals surface area contributed by atoms with Crippen LogP contribution in [0.5, 0.6) is 0 Å². The molecule has 2 rings (SSSR count). The zero-order valence-corrected chi connectivity index (χ0v) is 22.4. The zero-order valence-electron chi connectivity index (χ0n) is 20.0. The number of benzene rings is 2. The van der Waals surface area contributed by atoms with Gasteiger partial charge in [0.2, 0.25) is 21.8 Å². The monoisotopic (exact) mass is 541 g/mol. The number of likely N-dealkylation sites (N-methyl/N-ethyl adjacent to an activating group) is 1. The van der Waals surface area contributed by atoms with Gasteiger partial charge in [0.15, 0.2) is 5.78 Å². The van der Waals surface area contributed by atoms with Gasteiger partial charge in [-0.05, 0) is 44.5 Å². The molecule has 11 heteroatoms. The van der Waals surface area contributed by atoms with Crippen LogP contribution in [0.1, 0.15) is 43.1 Å². The van der Waals surface area contributed by atoms with Crippen molar-refractivity contribution >= 4 is 56.5 Å². The highest BCUT2D eigenvalue weighted by Gasteiger charge is 2.32. The van der Waals surface area contributed by atoms with E-state index in [-0.39, 0.29) is 30.3 Å². The summed E-state index contributed by atoms with van der Waals surface area (Å²) in [6.45, 7) is 4.55. The van der Waals surface area contributed by atoms with Crippen LogP contribution >= 0.6 is 23.2 Å². The maximum Gasteiger partial charge on any atom is 0.244 e. The van der Waals surface area contributed by atoms with E-state index in [0.717, 1.165) is 10.6 Å². The van der Waals surface area contributed by atoms with Crippen molar-refractivity contribution < 1.29 is 22.8 Å². The van der Waals surface area contributed by atoms with Gasteiger partial charge in [0, 0.05) is 34.3 Å². The Kier molecular flexibility index (Phi) is 10.1. The largest absolute Gasteiger partial charge is 0.355 e. The normalized spacial score (nSPS) is 12.1. The molecule has 2 aromatic rings. The third kappa shape index (κ3) is 7.43. The maximum absolute atomic E-state index is 13.6. The molecule has 0 heterocycles. The van der Waals surface area contributed by atoms with Gasteiger partial charge in [0.1, 0.15) is 12.6 Å². The van der Waals surface area contributed by atoms with Crippen molar-refractivity contribution in [3.8, 4) is 0 Å². The maximum atomic E-state index is 13.6. The van der Waals surface area contributed by atoms with Gasteiger partial charge in [-0.1, -0.05) is 48.3 Å². The standard InChI is InChI=1S/C24H29Cl2N3O5S/c1-5-22(24(32)27-6-2)28(14-19-20(25)11-8-12-21(19)26)23(31)15-29(35(4,33)34)18-10-7-9-17(13-18)16(3)30/h7-13,22H,5-6,14-15H2,1-4H3,(H,27,32). The fraction of sp³-hybridized carbons (Fsp3) is 0.375. The predicted octanol–water partition coefficient (Wildman–Crippen LogP) is 3.91. The van der Waals surface area contributed by atoms with E-state index in [1.54, 1.807) is 44.2 Å². The Morgan fingerprint density at radius 2 is 1.63 bits per heavy atom. The lowest BCUT2D eigenvalue weighted by molar-refractivity contribution is -0.140. The number of ketones is 1. The van der Waals surface area contributed by atoms with E-state index in [1.807, 2.05) is 0 Å². The second-order valence-corrected chi connectivity index (χ2v) is 10.6. The first-order valence-corrected chi connectivity index (χ1v) is 13.6. The summed E-state index contributed by atoms with van der Waals surface area (Å²) in [7, 11) is -3.92. The molecule has 1 atom stereocenters. The number of anilines is 1. The third-order valence-electron chi connectivity index (χ3n) is 5.35. The van der Waals surface area contributed by atoms with Gasteiger partial charge in [-0.3, -0.25) is 18.7 Å². The van der Waals surface area contributed by atoms with E-state index in [2.05, 4.69) is 5.32 Å². The summed E-state index contributed by atoms with van der Waals surface area (Å²) >= 11 is 12.7. The van der Waals surface area contributed by atoms with Crippen molar-refractivity contribution in [1.82, 2.24) is 10.2 Å². The van der Waals surface area contributed by atoms with Gasteiger partial charge in [-0.15, -0.1) is 0 Å². The molecule has 1 unspecified atom stereocenters. The first-order valence-electron chi connectivity index (χ1n) is 11.0. The fourth-order valence-corrected chi connectivity index (χ4v) is 4.92. The van der Waals surface area contributed by atoms with Gasteiger partial charge in [0.25, 0.3) is 0 Å². The topological polar surface area (TPSA) is 104 Å². The van der Waals surface area contributed by atoms with Crippen molar-refractivity contribution in [3.05, 3.63) is 63.6 Å². The number of carbonyl (C=O) groups is 3. The minimum atomic E-state index is -3.92. The van der Waals surface area contributed by atoms with E-state index < -0.39 is 28.5 Å².